The predicted octanol–water partition coefficient (Wildman–Crippen LogP) is 4.95. The molecule has 0 aromatic heterocycles. The topological polar surface area (TPSA) is 51.2 Å². The van der Waals surface area contributed by atoms with Crippen molar-refractivity contribution < 1.29 is 19.0 Å². The Hall–Kier alpha value is -2.73. The summed E-state index contributed by atoms with van der Waals surface area (Å²) in [4.78, 5) is 17.2. The summed E-state index contributed by atoms with van der Waals surface area (Å²) in [6, 6.07) is 12.4. The molecule has 0 bridgehead atoms. The lowest BCUT2D eigenvalue weighted by Gasteiger charge is -2.32. The molecule has 2 aromatic carbocycles. The van der Waals surface area contributed by atoms with Crippen molar-refractivity contribution in [1.29, 1.82) is 0 Å². The second-order valence-electron chi connectivity index (χ2n) is 10.2. The van der Waals surface area contributed by atoms with Crippen LogP contribution in [0.4, 0.5) is 0 Å². The molecule has 1 atom stereocenters. The number of nitrogens with zero attached hydrogens (tertiary/aromatic N) is 2. The molecule has 182 valence electrons. The molecule has 6 nitrogen and oxygen atoms in total. The van der Waals surface area contributed by atoms with Gasteiger partial charge >= 0.3 is 0 Å². The molecule has 3 aliphatic rings. The van der Waals surface area contributed by atoms with Gasteiger partial charge in [0.2, 0.25) is 6.79 Å². The molecule has 1 unspecified atom stereocenters. The van der Waals surface area contributed by atoms with Crippen LogP contribution in [0.2, 0.25) is 0 Å². The number of hydrogen-bond donors (Lipinski definition) is 0. The van der Waals surface area contributed by atoms with Crippen LogP contribution in [-0.4, -0.2) is 55.3 Å². The first-order valence-electron chi connectivity index (χ1n) is 12.7. The molecule has 1 amide bonds. The van der Waals surface area contributed by atoms with Crippen molar-refractivity contribution in [3.63, 3.8) is 0 Å². The molecule has 6 heteroatoms. The van der Waals surface area contributed by atoms with Gasteiger partial charge in [0.25, 0.3) is 5.91 Å². The maximum absolute atomic E-state index is 12.8. The minimum absolute atomic E-state index is 0.0873. The van der Waals surface area contributed by atoms with Crippen LogP contribution in [-0.2, 0) is 11.3 Å². The van der Waals surface area contributed by atoms with E-state index in [1.165, 1.54) is 12.8 Å². The van der Waals surface area contributed by atoms with Crippen molar-refractivity contribution >= 4 is 5.91 Å². The van der Waals surface area contributed by atoms with E-state index in [0.29, 0.717) is 11.8 Å². The lowest BCUT2D eigenvalue weighted by Crippen LogP contribution is -2.40. The maximum atomic E-state index is 12.8. The summed E-state index contributed by atoms with van der Waals surface area (Å²) < 4.78 is 17.2. The van der Waals surface area contributed by atoms with Crippen LogP contribution in [0.3, 0.4) is 0 Å². The summed E-state index contributed by atoms with van der Waals surface area (Å²) in [7, 11) is 0. The fourth-order valence-electron chi connectivity index (χ4n) is 5.26. The number of likely N-dealkylation sites (tertiary alicyclic amines) is 2. The molecule has 3 aliphatic heterocycles. The van der Waals surface area contributed by atoms with Crippen LogP contribution in [0.15, 0.2) is 36.4 Å². The Balaban J connectivity index is 1.34. The first-order valence-corrected chi connectivity index (χ1v) is 12.7. The quantitative estimate of drug-likeness (QED) is 0.605. The Morgan fingerprint density at radius 1 is 0.941 bits per heavy atom. The van der Waals surface area contributed by atoms with Crippen molar-refractivity contribution in [3.05, 3.63) is 42.0 Å². The summed E-state index contributed by atoms with van der Waals surface area (Å²) in [5.41, 5.74) is 3.33. The maximum Gasteiger partial charge on any atom is 0.260 e. The Morgan fingerprint density at radius 2 is 1.71 bits per heavy atom. The van der Waals surface area contributed by atoms with E-state index < -0.39 is 0 Å². The molecule has 0 spiro atoms. The van der Waals surface area contributed by atoms with Gasteiger partial charge in [0.1, 0.15) is 5.75 Å². The van der Waals surface area contributed by atoms with Crippen molar-refractivity contribution in [1.82, 2.24) is 9.80 Å². The highest BCUT2D eigenvalue weighted by molar-refractivity contribution is 5.78. The minimum atomic E-state index is 0.0873. The SMILES string of the molecule is CC1CCN(C(=O)COc2ccc(-c3ccc4c(c3)OCO4)cc2CN2CCCC(C)C2)CC1. The second-order valence-corrected chi connectivity index (χ2v) is 10.2. The number of fused-ring (bicyclic) bond motifs is 1. The molecule has 0 N–H and O–H groups in total. The molecule has 5 rings (SSSR count). The summed E-state index contributed by atoms with van der Waals surface area (Å²) in [5.74, 6) is 3.87. The van der Waals surface area contributed by atoms with Gasteiger partial charge in [0.05, 0.1) is 0 Å². The third-order valence-electron chi connectivity index (χ3n) is 7.39. The van der Waals surface area contributed by atoms with Gasteiger partial charge in [0.15, 0.2) is 18.1 Å². The Bertz CT molecular complexity index is 1020. The van der Waals surface area contributed by atoms with Crippen molar-refractivity contribution in [2.75, 3.05) is 39.6 Å². The number of rotatable bonds is 6. The lowest BCUT2D eigenvalue weighted by molar-refractivity contribution is -0.134. The van der Waals surface area contributed by atoms with Crippen LogP contribution in [0.1, 0.15) is 45.1 Å². The van der Waals surface area contributed by atoms with E-state index in [1.54, 1.807) is 0 Å². The van der Waals surface area contributed by atoms with Crippen LogP contribution < -0.4 is 14.2 Å². The van der Waals surface area contributed by atoms with E-state index in [4.69, 9.17) is 14.2 Å². The van der Waals surface area contributed by atoms with E-state index in [9.17, 15) is 4.79 Å². The molecule has 0 radical (unpaired) electrons. The summed E-state index contributed by atoms with van der Waals surface area (Å²) >= 11 is 0. The minimum Gasteiger partial charge on any atom is -0.483 e. The standard InChI is InChI=1S/C28H36N2O4/c1-20-9-12-30(13-10-20)28(31)18-32-25-7-5-22(23-6-8-26-27(15-23)34-19-33-26)14-24(25)17-29-11-3-4-21(2)16-29/h5-8,14-15,20-21H,3-4,9-13,16-19H2,1-2H3. The summed E-state index contributed by atoms with van der Waals surface area (Å²) in [6.45, 7) is 9.65. The Kier molecular flexibility index (Phi) is 6.95. The first kappa shape index (κ1) is 23.0. The largest absolute Gasteiger partial charge is 0.483 e. The van der Waals surface area contributed by atoms with E-state index in [-0.39, 0.29) is 19.3 Å². The zero-order valence-electron chi connectivity index (χ0n) is 20.4. The number of hydrogen-bond acceptors (Lipinski definition) is 5. The molecule has 2 fully saturated rings. The van der Waals surface area contributed by atoms with E-state index >= 15 is 0 Å². The van der Waals surface area contributed by atoms with Crippen molar-refractivity contribution in [2.45, 2.75) is 46.1 Å². The molecule has 3 heterocycles. The zero-order chi connectivity index (χ0) is 23.5. The molecule has 0 aliphatic carbocycles. The molecule has 2 aromatic rings. The smallest absolute Gasteiger partial charge is 0.260 e. The fraction of sp³-hybridized carbons (Fsp3) is 0.536. The highest BCUT2D eigenvalue weighted by Crippen LogP contribution is 2.37. The molecule has 0 saturated carbocycles. The van der Waals surface area contributed by atoms with Gasteiger partial charge in [-0.2, -0.15) is 0 Å². The number of carbonyl (C=O) groups is 1. The average Bonchev–Trinajstić information content (AvgIpc) is 3.31. The van der Waals surface area contributed by atoms with Crippen LogP contribution >= 0.6 is 0 Å². The van der Waals surface area contributed by atoms with Gasteiger partial charge < -0.3 is 19.1 Å². The van der Waals surface area contributed by atoms with Crippen LogP contribution in [0.5, 0.6) is 17.2 Å². The molecular weight excluding hydrogens is 428 g/mol. The molecule has 34 heavy (non-hydrogen) atoms. The van der Waals surface area contributed by atoms with Crippen LogP contribution in [0, 0.1) is 11.8 Å². The zero-order valence-corrected chi connectivity index (χ0v) is 20.4. The first-order chi connectivity index (χ1) is 16.5. The normalized spacial score (nSPS) is 21.0. The number of benzene rings is 2. The van der Waals surface area contributed by atoms with Gasteiger partial charge in [-0.25, -0.2) is 0 Å². The highest BCUT2D eigenvalue weighted by atomic mass is 16.7. The number of piperidine rings is 2. The average molecular weight is 465 g/mol. The van der Waals surface area contributed by atoms with Gasteiger partial charge in [0, 0.05) is 31.7 Å². The third kappa shape index (κ3) is 5.33. The predicted molar refractivity (Wildman–Crippen MR) is 132 cm³/mol. The van der Waals surface area contributed by atoms with Crippen LogP contribution in [0.25, 0.3) is 11.1 Å². The summed E-state index contributed by atoms with van der Waals surface area (Å²) in [5, 5.41) is 0. The van der Waals surface area contributed by atoms with Gasteiger partial charge in [-0.3, -0.25) is 9.69 Å². The second kappa shape index (κ2) is 10.3. The van der Waals surface area contributed by atoms with Gasteiger partial charge in [-0.1, -0.05) is 26.0 Å². The monoisotopic (exact) mass is 464 g/mol. The highest BCUT2D eigenvalue weighted by Gasteiger charge is 2.22. The number of ether oxygens (including phenoxy) is 3. The van der Waals surface area contributed by atoms with E-state index in [1.807, 2.05) is 23.1 Å². The van der Waals surface area contributed by atoms with Gasteiger partial charge in [-0.05, 0) is 79.5 Å². The lowest BCUT2D eigenvalue weighted by atomic mass is 9.98. The molecule has 2 saturated heterocycles. The fourth-order valence-corrected chi connectivity index (χ4v) is 5.26. The van der Waals surface area contributed by atoms with E-state index in [2.05, 4.69) is 36.9 Å². The Labute approximate surface area is 202 Å². The van der Waals surface area contributed by atoms with Gasteiger partial charge in [-0.15, -0.1) is 0 Å². The van der Waals surface area contributed by atoms with E-state index in [0.717, 1.165) is 79.5 Å². The number of amides is 1. The Morgan fingerprint density at radius 3 is 2.53 bits per heavy atom. The van der Waals surface area contributed by atoms with Crippen molar-refractivity contribution in [3.8, 4) is 28.4 Å². The summed E-state index contributed by atoms with van der Waals surface area (Å²) in [6.07, 6.45) is 4.67. The van der Waals surface area contributed by atoms with Crippen molar-refractivity contribution in [2.24, 2.45) is 11.8 Å². The molecular formula is C28H36N2O4. The number of carbonyl (C=O) groups excluding carboxylic acids is 1. The third-order valence-corrected chi connectivity index (χ3v) is 7.39.